The first-order valence-corrected chi connectivity index (χ1v) is 8.56. The van der Waals surface area contributed by atoms with E-state index in [1.165, 1.54) is 4.57 Å². The maximum atomic E-state index is 12.1. The third kappa shape index (κ3) is 3.32. The van der Waals surface area contributed by atoms with Crippen molar-refractivity contribution in [1.29, 1.82) is 0 Å². The Morgan fingerprint density at radius 3 is 2.70 bits per heavy atom. The first-order valence-electron chi connectivity index (χ1n) is 8.56. The molecule has 0 fully saturated rings. The predicted molar refractivity (Wildman–Crippen MR) is 99.4 cm³/mol. The molecule has 0 saturated heterocycles. The van der Waals surface area contributed by atoms with E-state index in [0.717, 1.165) is 5.56 Å². The van der Waals surface area contributed by atoms with Crippen LogP contribution in [0.2, 0.25) is 0 Å². The molecule has 0 aliphatic carbocycles. The molecule has 0 bridgehead atoms. The molecule has 4 aromatic rings. The summed E-state index contributed by atoms with van der Waals surface area (Å²) in [5.74, 6) is 0.457. The largest absolute Gasteiger partial charge is 0.396 e. The Bertz CT molecular complexity index is 1190. The van der Waals surface area contributed by atoms with Gasteiger partial charge in [0.1, 0.15) is 11.3 Å². The van der Waals surface area contributed by atoms with E-state index in [9.17, 15) is 9.59 Å². The summed E-state index contributed by atoms with van der Waals surface area (Å²) in [4.78, 5) is 33.8. The zero-order chi connectivity index (χ0) is 18.8. The Labute approximate surface area is 152 Å². The van der Waals surface area contributed by atoms with Crippen molar-refractivity contribution in [2.24, 2.45) is 0 Å². The van der Waals surface area contributed by atoms with Crippen molar-refractivity contribution in [3.05, 3.63) is 69.1 Å². The van der Waals surface area contributed by atoms with Gasteiger partial charge in [0.15, 0.2) is 5.65 Å². The van der Waals surface area contributed by atoms with E-state index < -0.39 is 11.2 Å². The average Bonchev–Trinajstić information content (AvgIpc) is 3.30. The third-order valence-corrected chi connectivity index (χ3v) is 4.27. The lowest BCUT2D eigenvalue weighted by atomic mass is 10.2. The highest BCUT2D eigenvalue weighted by molar-refractivity contribution is 5.75. The molecule has 3 heterocycles. The van der Waals surface area contributed by atoms with Gasteiger partial charge in [-0.1, -0.05) is 30.3 Å². The van der Waals surface area contributed by atoms with Gasteiger partial charge in [0.05, 0.1) is 18.3 Å². The molecule has 0 saturated carbocycles. The first-order chi connectivity index (χ1) is 13.2. The highest BCUT2D eigenvalue weighted by atomic mass is 16.3. The number of H-pyrrole nitrogens is 2. The van der Waals surface area contributed by atoms with Crippen LogP contribution in [-0.4, -0.2) is 41.0 Å². The summed E-state index contributed by atoms with van der Waals surface area (Å²) in [5, 5.41) is 13.4. The molecule has 0 aliphatic heterocycles. The maximum Gasteiger partial charge on any atom is 0.330 e. The molecule has 3 aromatic heterocycles. The van der Waals surface area contributed by atoms with E-state index in [1.807, 2.05) is 36.5 Å². The van der Waals surface area contributed by atoms with E-state index in [1.54, 1.807) is 10.9 Å². The Kier molecular flexibility index (Phi) is 4.43. The molecule has 27 heavy (non-hydrogen) atoms. The molecular formula is C18H18N6O3. The van der Waals surface area contributed by atoms with Gasteiger partial charge >= 0.3 is 5.69 Å². The second-order valence-electron chi connectivity index (χ2n) is 6.18. The van der Waals surface area contributed by atoms with Crippen LogP contribution in [0.25, 0.3) is 22.6 Å². The van der Waals surface area contributed by atoms with Gasteiger partial charge in [0.25, 0.3) is 5.56 Å². The zero-order valence-electron chi connectivity index (χ0n) is 14.4. The fourth-order valence-electron chi connectivity index (χ4n) is 2.96. The lowest BCUT2D eigenvalue weighted by molar-refractivity contribution is 0.279. The van der Waals surface area contributed by atoms with Crippen molar-refractivity contribution >= 4 is 11.2 Å². The van der Waals surface area contributed by atoms with Gasteiger partial charge in [-0.3, -0.25) is 19.0 Å². The summed E-state index contributed by atoms with van der Waals surface area (Å²) in [6.07, 6.45) is 3.87. The Morgan fingerprint density at radius 2 is 1.93 bits per heavy atom. The number of aromatic amines is 2. The van der Waals surface area contributed by atoms with E-state index in [0.29, 0.717) is 24.4 Å². The molecule has 1 aromatic carbocycles. The van der Waals surface area contributed by atoms with Crippen LogP contribution in [0.5, 0.6) is 0 Å². The zero-order valence-corrected chi connectivity index (χ0v) is 14.4. The average molecular weight is 366 g/mol. The van der Waals surface area contributed by atoms with E-state index in [-0.39, 0.29) is 24.3 Å². The summed E-state index contributed by atoms with van der Waals surface area (Å²) in [6, 6.07) is 9.93. The highest BCUT2D eigenvalue weighted by Crippen LogP contribution is 2.18. The van der Waals surface area contributed by atoms with Crippen LogP contribution in [0.1, 0.15) is 12.0 Å². The fraction of sp³-hybridized carbons (Fsp3) is 0.222. The summed E-state index contributed by atoms with van der Waals surface area (Å²) < 4.78 is 3.13. The minimum atomic E-state index is -0.543. The molecule has 138 valence electrons. The van der Waals surface area contributed by atoms with Gasteiger partial charge in [-0.05, 0) is 12.0 Å². The van der Waals surface area contributed by atoms with Crippen LogP contribution >= 0.6 is 0 Å². The van der Waals surface area contributed by atoms with Gasteiger partial charge in [-0.2, -0.15) is 5.10 Å². The lowest BCUT2D eigenvalue weighted by Gasteiger charge is -2.03. The monoisotopic (exact) mass is 366 g/mol. The molecule has 0 unspecified atom stereocenters. The van der Waals surface area contributed by atoms with Crippen LogP contribution in [-0.2, 0) is 13.1 Å². The molecule has 9 heteroatoms. The molecular weight excluding hydrogens is 348 g/mol. The molecule has 9 nitrogen and oxygen atoms in total. The van der Waals surface area contributed by atoms with Crippen molar-refractivity contribution in [2.75, 3.05) is 6.61 Å². The minimum Gasteiger partial charge on any atom is -0.396 e. The molecule has 0 spiro atoms. The van der Waals surface area contributed by atoms with E-state index >= 15 is 0 Å². The number of aromatic nitrogens is 6. The van der Waals surface area contributed by atoms with Crippen molar-refractivity contribution in [1.82, 2.24) is 29.3 Å². The van der Waals surface area contributed by atoms with E-state index in [2.05, 4.69) is 20.1 Å². The van der Waals surface area contributed by atoms with Crippen molar-refractivity contribution < 1.29 is 5.11 Å². The van der Waals surface area contributed by atoms with Gasteiger partial charge in [-0.25, -0.2) is 9.78 Å². The standard InChI is InChI=1S/C18H18N6O3/c25-8-4-7-24-16-14(17(26)22-18(24)27)20-15(21-16)13-9-19-23(11-13)10-12-5-2-1-3-6-12/h1-3,5-6,9,11,25H,4,7-8,10H2,(H,20,21)(H,22,26,27). The second-order valence-corrected chi connectivity index (χ2v) is 6.18. The summed E-state index contributed by atoms with van der Waals surface area (Å²) in [6.45, 7) is 0.819. The number of rotatable bonds is 6. The Morgan fingerprint density at radius 1 is 1.11 bits per heavy atom. The fourth-order valence-corrected chi connectivity index (χ4v) is 2.96. The lowest BCUT2D eigenvalue weighted by Crippen LogP contribution is -2.30. The number of aryl methyl sites for hydroxylation is 1. The summed E-state index contributed by atoms with van der Waals surface area (Å²) >= 11 is 0. The molecule has 0 radical (unpaired) electrons. The van der Waals surface area contributed by atoms with Gasteiger partial charge in [-0.15, -0.1) is 0 Å². The van der Waals surface area contributed by atoms with Gasteiger partial charge in [0, 0.05) is 19.3 Å². The van der Waals surface area contributed by atoms with Crippen molar-refractivity contribution in [3.8, 4) is 11.4 Å². The molecule has 0 atom stereocenters. The van der Waals surface area contributed by atoms with Crippen LogP contribution < -0.4 is 11.2 Å². The molecule has 0 aliphatic rings. The number of fused-ring (bicyclic) bond motifs is 1. The number of nitrogens with zero attached hydrogens (tertiary/aromatic N) is 4. The van der Waals surface area contributed by atoms with Crippen molar-refractivity contribution in [2.45, 2.75) is 19.5 Å². The quantitative estimate of drug-likeness (QED) is 0.464. The molecule has 3 N–H and O–H groups in total. The van der Waals surface area contributed by atoms with E-state index in [4.69, 9.17) is 5.11 Å². The Hall–Kier alpha value is -3.46. The summed E-state index contributed by atoms with van der Waals surface area (Å²) in [7, 11) is 0. The number of aliphatic hydroxyl groups is 1. The SMILES string of the molecule is O=c1[nH]c(=O)n(CCCO)c2nc(-c3cnn(Cc4ccccc4)c3)[nH]c12. The molecule has 4 rings (SSSR count). The Balaban J connectivity index is 1.71. The maximum absolute atomic E-state index is 12.1. The smallest absolute Gasteiger partial charge is 0.330 e. The third-order valence-electron chi connectivity index (χ3n) is 4.27. The second kappa shape index (κ2) is 7.04. The number of nitrogens with one attached hydrogen (secondary N) is 2. The predicted octanol–water partition coefficient (Wildman–Crippen LogP) is 0.707. The first kappa shape index (κ1) is 17.0. The number of aliphatic hydroxyl groups excluding tert-OH is 1. The minimum absolute atomic E-state index is 0.0589. The van der Waals surface area contributed by atoms with Crippen LogP contribution in [0, 0.1) is 0 Å². The van der Waals surface area contributed by atoms with Gasteiger partial charge < -0.3 is 10.1 Å². The number of hydrogen-bond donors (Lipinski definition) is 3. The van der Waals surface area contributed by atoms with Crippen LogP contribution in [0.4, 0.5) is 0 Å². The topological polar surface area (TPSA) is 122 Å². The summed E-state index contributed by atoms with van der Waals surface area (Å²) in [5.41, 5.74) is 1.25. The van der Waals surface area contributed by atoms with Crippen LogP contribution in [0.15, 0.2) is 52.3 Å². The number of imidazole rings is 1. The highest BCUT2D eigenvalue weighted by Gasteiger charge is 2.15. The van der Waals surface area contributed by atoms with Gasteiger partial charge in [0.2, 0.25) is 0 Å². The number of hydrogen-bond acceptors (Lipinski definition) is 5. The molecule has 0 amide bonds. The number of benzene rings is 1. The normalized spacial score (nSPS) is 11.3. The van der Waals surface area contributed by atoms with Crippen molar-refractivity contribution in [3.63, 3.8) is 0 Å². The van der Waals surface area contributed by atoms with Crippen LogP contribution in [0.3, 0.4) is 0 Å².